The zero-order valence-electron chi connectivity index (χ0n) is 19.1. The van der Waals surface area contributed by atoms with Gasteiger partial charge < -0.3 is 20.5 Å². The first-order valence-corrected chi connectivity index (χ1v) is 11.6. The second-order valence-electron chi connectivity index (χ2n) is 9.08. The largest absolute Gasteiger partial charge is 0.362 e. The van der Waals surface area contributed by atoms with Gasteiger partial charge in [0.2, 0.25) is 11.9 Å². The standard InChI is InChI=1S/C26H30N6O/c1-32(2)25-21-8-4-6-10-23(21)30-26(31-25)29-19-13-11-18(12-14-19)28-24(33)15-17-16-27-22-9-5-3-7-20(17)22/h3-10,16,18-19,27H,11-15H2,1-2H3,(H,28,33)(H,29,30,31)/t18-,19+. The fourth-order valence-corrected chi connectivity index (χ4v) is 4.76. The molecule has 1 fully saturated rings. The van der Waals surface area contributed by atoms with Gasteiger partial charge in [-0.2, -0.15) is 4.98 Å². The molecule has 7 heteroatoms. The summed E-state index contributed by atoms with van der Waals surface area (Å²) in [5.74, 6) is 1.68. The lowest BCUT2D eigenvalue weighted by Crippen LogP contribution is -2.40. The van der Waals surface area contributed by atoms with E-state index in [0.717, 1.165) is 58.9 Å². The molecule has 0 saturated heterocycles. The number of aromatic nitrogens is 3. The lowest BCUT2D eigenvalue weighted by Gasteiger charge is -2.30. The quantitative estimate of drug-likeness (QED) is 0.415. The van der Waals surface area contributed by atoms with Gasteiger partial charge in [0.15, 0.2) is 0 Å². The van der Waals surface area contributed by atoms with Crippen LogP contribution >= 0.6 is 0 Å². The summed E-state index contributed by atoms with van der Waals surface area (Å²) in [7, 11) is 4.01. The zero-order chi connectivity index (χ0) is 22.8. The molecular weight excluding hydrogens is 412 g/mol. The van der Waals surface area contributed by atoms with Gasteiger partial charge in [-0.15, -0.1) is 0 Å². The van der Waals surface area contributed by atoms with Crippen LogP contribution in [0.4, 0.5) is 11.8 Å². The van der Waals surface area contributed by atoms with Crippen molar-refractivity contribution in [2.24, 2.45) is 0 Å². The van der Waals surface area contributed by atoms with Gasteiger partial charge in [0, 0.05) is 48.7 Å². The molecule has 7 nitrogen and oxygen atoms in total. The van der Waals surface area contributed by atoms with Gasteiger partial charge >= 0.3 is 0 Å². The third-order valence-electron chi connectivity index (χ3n) is 6.46. The number of carbonyl (C=O) groups excluding carboxylic acids is 1. The van der Waals surface area contributed by atoms with Gasteiger partial charge in [0.25, 0.3) is 0 Å². The molecule has 4 aromatic rings. The van der Waals surface area contributed by atoms with Gasteiger partial charge in [-0.25, -0.2) is 4.98 Å². The monoisotopic (exact) mass is 442 g/mol. The van der Waals surface area contributed by atoms with Gasteiger partial charge in [-0.3, -0.25) is 4.79 Å². The van der Waals surface area contributed by atoms with Gasteiger partial charge in [0.1, 0.15) is 5.82 Å². The summed E-state index contributed by atoms with van der Waals surface area (Å²) >= 11 is 0. The average Bonchev–Trinajstić information content (AvgIpc) is 3.22. The Bertz CT molecular complexity index is 1270. The normalized spacial score (nSPS) is 18.4. The van der Waals surface area contributed by atoms with E-state index < -0.39 is 0 Å². The van der Waals surface area contributed by atoms with E-state index in [-0.39, 0.29) is 11.9 Å². The number of benzene rings is 2. The predicted octanol–water partition coefficient (Wildman–Crippen LogP) is 4.26. The molecule has 1 amide bonds. The Balaban J connectivity index is 1.17. The minimum absolute atomic E-state index is 0.0876. The highest BCUT2D eigenvalue weighted by Gasteiger charge is 2.23. The summed E-state index contributed by atoms with van der Waals surface area (Å²) in [6.45, 7) is 0. The van der Waals surface area contributed by atoms with Crippen LogP contribution in [0.25, 0.3) is 21.8 Å². The lowest BCUT2D eigenvalue weighted by atomic mass is 9.91. The SMILES string of the molecule is CN(C)c1nc(N[C@H]2CC[C@@H](NC(=O)Cc3c[nH]c4ccccc34)CC2)nc2ccccc12. The molecule has 1 aliphatic rings. The number of aromatic amines is 1. The van der Waals surface area contributed by atoms with Gasteiger partial charge in [-0.1, -0.05) is 30.3 Å². The molecular formula is C26H30N6O. The van der Waals surface area contributed by atoms with Crippen molar-refractivity contribution in [1.29, 1.82) is 0 Å². The molecule has 0 spiro atoms. The van der Waals surface area contributed by atoms with Gasteiger partial charge in [0.05, 0.1) is 11.9 Å². The highest BCUT2D eigenvalue weighted by molar-refractivity contribution is 5.90. The highest BCUT2D eigenvalue weighted by atomic mass is 16.1. The number of fused-ring (bicyclic) bond motifs is 2. The molecule has 5 rings (SSSR count). The van der Waals surface area contributed by atoms with Crippen LogP contribution in [0.5, 0.6) is 0 Å². The highest BCUT2D eigenvalue weighted by Crippen LogP contribution is 2.26. The van der Waals surface area contributed by atoms with Crippen LogP contribution < -0.4 is 15.5 Å². The molecule has 0 unspecified atom stereocenters. The van der Waals surface area contributed by atoms with Crippen molar-refractivity contribution in [1.82, 2.24) is 20.3 Å². The van der Waals surface area contributed by atoms with E-state index in [1.807, 2.05) is 61.6 Å². The summed E-state index contributed by atoms with van der Waals surface area (Å²) in [5.41, 5.74) is 3.06. The number of amides is 1. The fraction of sp³-hybridized carbons (Fsp3) is 0.346. The van der Waals surface area contributed by atoms with Crippen LogP contribution in [0.1, 0.15) is 31.2 Å². The summed E-state index contributed by atoms with van der Waals surface area (Å²) in [6.07, 6.45) is 6.20. The zero-order valence-corrected chi connectivity index (χ0v) is 19.1. The fourth-order valence-electron chi connectivity index (χ4n) is 4.76. The van der Waals surface area contributed by atoms with Crippen LogP contribution in [-0.4, -0.2) is 47.0 Å². The number of nitrogens with zero attached hydrogens (tertiary/aromatic N) is 3. The van der Waals surface area contributed by atoms with Crippen LogP contribution in [0.15, 0.2) is 54.7 Å². The molecule has 2 aromatic carbocycles. The van der Waals surface area contributed by atoms with E-state index in [4.69, 9.17) is 9.97 Å². The number of para-hydroxylation sites is 2. The van der Waals surface area contributed by atoms with Crippen molar-refractivity contribution < 1.29 is 4.79 Å². The van der Waals surface area contributed by atoms with Crippen LogP contribution in [0.2, 0.25) is 0 Å². The van der Waals surface area contributed by atoms with Gasteiger partial charge in [-0.05, 0) is 49.4 Å². The molecule has 2 heterocycles. The number of anilines is 2. The second-order valence-corrected chi connectivity index (χ2v) is 9.08. The molecule has 33 heavy (non-hydrogen) atoms. The van der Waals surface area contributed by atoms with E-state index in [1.54, 1.807) is 0 Å². The summed E-state index contributed by atoms with van der Waals surface area (Å²) in [6, 6.07) is 16.7. The molecule has 170 valence electrons. The first-order valence-electron chi connectivity index (χ1n) is 11.6. The minimum atomic E-state index is 0.0876. The lowest BCUT2D eigenvalue weighted by molar-refractivity contribution is -0.121. The van der Waals surface area contributed by atoms with Crippen LogP contribution in [0, 0.1) is 0 Å². The Kier molecular flexibility index (Phi) is 5.86. The third-order valence-corrected chi connectivity index (χ3v) is 6.46. The van der Waals surface area contributed by atoms with E-state index in [2.05, 4.69) is 27.8 Å². The smallest absolute Gasteiger partial charge is 0.225 e. The molecule has 0 bridgehead atoms. The third kappa shape index (κ3) is 4.62. The Hall–Kier alpha value is -3.61. The molecule has 2 aromatic heterocycles. The number of H-pyrrole nitrogens is 1. The summed E-state index contributed by atoms with van der Waals surface area (Å²) in [5, 5.41) is 8.94. The number of rotatable bonds is 6. The molecule has 3 N–H and O–H groups in total. The first kappa shape index (κ1) is 21.2. The summed E-state index contributed by atoms with van der Waals surface area (Å²) in [4.78, 5) is 27.4. The van der Waals surface area contributed by atoms with E-state index in [9.17, 15) is 4.79 Å². The van der Waals surface area contributed by atoms with Crippen molar-refractivity contribution >= 4 is 39.5 Å². The number of hydrogen-bond acceptors (Lipinski definition) is 5. The van der Waals surface area contributed by atoms with Crippen molar-refractivity contribution in [2.45, 2.75) is 44.2 Å². The van der Waals surface area contributed by atoms with Crippen LogP contribution in [0.3, 0.4) is 0 Å². The van der Waals surface area contributed by atoms with Crippen molar-refractivity contribution in [3.8, 4) is 0 Å². The maximum atomic E-state index is 12.7. The predicted molar refractivity (Wildman–Crippen MR) is 134 cm³/mol. The topological polar surface area (TPSA) is 85.9 Å². The van der Waals surface area contributed by atoms with E-state index in [1.165, 1.54) is 0 Å². The number of carbonyl (C=O) groups is 1. The summed E-state index contributed by atoms with van der Waals surface area (Å²) < 4.78 is 0. The van der Waals surface area contributed by atoms with Crippen LogP contribution in [-0.2, 0) is 11.2 Å². The van der Waals surface area contributed by atoms with Crippen molar-refractivity contribution in [3.05, 3.63) is 60.3 Å². The van der Waals surface area contributed by atoms with E-state index in [0.29, 0.717) is 18.4 Å². The molecule has 1 aliphatic carbocycles. The van der Waals surface area contributed by atoms with E-state index >= 15 is 0 Å². The minimum Gasteiger partial charge on any atom is -0.362 e. The Labute approximate surface area is 193 Å². The Morgan fingerprint density at radius 3 is 2.45 bits per heavy atom. The molecule has 0 radical (unpaired) electrons. The Morgan fingerprint density at radius 2 is 1.67 bits per heavy atom. The maximum Gasteiger partial charge on any atom is 0.225 e. The number of hydrogen-bond donors (Lipinski definition) is 3. The molecule has 0 atom stereocenters. The van der Waals surface area contributed by atoms with Crippen molar-refractivity contribution in [3.63, 3.8) is 0 Å². The molecule has 1 saturated carbocycles. The first-order chi connectivity index (χ1) is 16.1. The average molecular weight is 443 g/mol. The van der Waals surface area contributed by atoms with Crippen molar-refractivity contribution in [2.75, 3.05) is 24.3 Å². The Morgan fingerprint density at radius 1 is 0.970 bits per heavy atom. The second kappa shape index (κ2) is 9.10. The number of nitrogens with one attached hydrogen (secondary N) is 3. The maximum absolute atomic E-state index is 12.7. The molecule has 0 aliphatic heterocycles.